The van der Waals surface area contributed by atoms with E-state index in [1.807, 2.05) is 0 Å². The van der Waals surface area contributed by atoms with E-state index in [-0.39, 0.29) is 12.2 Å². The summed E-state index contributed by atoms with van der Waals surface area (Å²) in [5.41, 5.74) is 1.20. The van der Waals surface area contributed by atoms with Crippen LogP contribution in [0.15, 0.2) is 40.9 Å². The topological polar surface area (TPSA) is 93.5 Å². The van der Waals surface area contributed by atoms with Gasteiger partial charge in [0.05, 0.1) is 23.5 Å². The minimum Gasteiger partial charge on any atom is -0.489 e. The number of carbonyl (C=O) groups is 2. The van der Waals surface area contributed by atoms with Gasteiger partial charge in [-0.05, 0) is 44.2 Å². The average molecular weight is 433 g/mol. The van der Waals surface area contributed by atoms with E-state index in [0.717, 1.165) is 11.6 Å². The Morgan fingerprint density at radius 3 is 2.58 bits per heavy atom. The highest BCUT2D eigenvalue weighted by molar-refractivity contribution is 5.99. The molecule has 0 spiro atoms. The highest BCUT2D eigenvalue weighted by Crippen LogP contribution is 2.20. The van der Waals surface area contributed by atoms with Crippen LogP contribution in [0.1, 0.15) is 27.4 Å². The Balaban J connectivity index is 1.56. The number of rotatable bonds is 7. The average Bonchev–Trinajstić information content (AvgIpc) is 3.08. The van der Waals surface area contributed by atoms with E-state index in [1.165, 1.54) is 12.1 Å². The van der Waals surface area contributed by atoms with Crippen LogP contribution >= 0.6 is 0 Å². The van der Waals surface area contributed by atoms with Crippen LogP contribution in [-0.4, -0.2) is 23.5 Å². The molecule has 0 aliphatic heterocycles. The summed E-state index contributed by atoms with van der Waals surface area (Å²) in [5, 5.41) is 8.27. The summed E-state index contributed by atoms with van der Waals surface area (Å²) >= 11 is 0. The first-order chi connectivity index (χ1) is 14.8. The summed E-state index contributed by atoms with van der Waals surface area (Å²) in [4.78, 5) is 24.2. The number of ether oxygens (including phenoxy) is 1. The molecule has 3 rings (SSSR count). The lowest BCUT2D eigenvalue weighted by Crippen LogP contribution is -2.33. The normalized spacial score (nSPS) is 10.6. The molecule has 0 bridgehead atoms. The molecule has 2 aromatic carbocycles. The number of hydrogen-bond donors (Lipinski definition) is 2. The molecule has 0 radical (unpaired) electrons. The monoisotopic (exact) mass is 433 g/mol. The van der Waals surface area contributed by atoms with Gasteiger partial charge in [0.25, 0.3) is 5.91 Å². The van der Waals surface area contributed by atoms with Crippen molar-refractivity contribution < 1.29 is 32.0 Å². The van der Waals surface area contributed by atoms with Gasteiger partial charge in [0.1, 0.15) is 18.1 Å². The molecular formula is C21H18F3N3O4. The molecule has 1 aromatic heterocycles. The molecule has 2 N–H and O–H groups in total. The van der Waals surface area contributed by atoms with E-state index < -0.39 is 41.5 Å². The molecule has 0 saturated carbocycles. The van der Waals surface area contributed by atoms with Crippen LogP contribution in [0, 0.1) is 31.3 Å². The molecule has 0 unspecified atom stereocenters. The van der Waals surface area contributed by atoms with E-state index in [4.69, 9.17) is 9.26 Å². The Bertz CT molecular complexity index is 1110. The maximum atomic E-state index is 13.6. The van der Waals surface area contributed by atoms with Gasteiger partial charge in [0.2, 0.25) is 5.91 Å². The van der Waals surface area contributed by atoms with Crippen molar-refractivity contribution in [3.05, 3.63) is 76.4 Å². The van der Waals surface area contributed by atoms with Crippen molar-refractivity contribution in [1.82, 2.24) is 10.5 Å². The second kappa shape index (κ2) is 9.33. The van der Waals surface area contributed by atoms with E-state index in [2.05, 4.69) is 15.8 Å². The summed E-state index contributed by atoms with van der Waals surface area (Å²) in [5.74, 6) is -4.94. The van der Waals surface area contributed by atoms with Crippen molar-refractivity contribution in [1.29, 1.82) is 0 Å². The third-order valence-corrected chi connectivity index (χ3v) is 4.38. The largest absolute Gasteiger partial charge is 0.489 e. The second-order valence-electron chi connectivity index (χ2n) is 6.57. The maximum Gasteiger partial charge on any atom is 0.251 e. The number of carbonyl (C=O) groups excluding carboxylic acids is 2. The van der Waals surface area contributed by atoms with Crippen LogP contribution in [0.3, 0.4) is 0 Å². The first-order valence-electron chi connectivity index (χ1n) is 9.12. The molecule has 2 amide bonds. The van der Waals surface area contributed by atoms with Crippen molar-refractivity contribution in [3.8, 4) is 5.75 Å². The molecule has 0 aliphatic carbocycles. The van der Waals surface area contributed by atoms with Gasteiger partial charge < -0.3 is 19.9 Å². The van der Waals surface area contributed by atoms with Gasteiger partial charge in [-0.25, -0.2) is 13.2 Å². The number of aromatic nitrogens is 1. The lowest BCUT2D eigenvalue weighted by Gasteiger charge is -2.10. The summed E-state index contributed by atoms with van der Waals surface area (Å²) in [6.45, 7) is 3.24. The third-order valence-electron chi connectivity index (χ3n) is 4.38. The van der Waals surface area contributed by atoms with Gasteiger partial charge in [0, 0.05) is 5.56 Å². The van der Waals surface area contributed by atoms with Crippen LogP contribution < -0.4 is 15.4 Å². The quantitative estimate of drug-likeness (QED) is 0.555. The number of hydrogen-bond acceptors (Lipinski definition) is 5. The molecule has 0 saturated heterocycles. The van der Waals surface area contributed by atoms with Crippen molar-refractivity contribution in [2.45, 2.75) is 20.5 Å². The minimum atomic E-state index is -1.70. The van der Waals surface area contributed by atoms with Gasteiger partial charge in [-0.3, -0.25) is 9.59 Å². The van der Waals surface area contributed by atoms with Crippen LogP contribution in [0.2, 0.25) is 0 Å². The Morgan fingerprint density at radius 1 is 1.10 bits per heavy atom. The fraction of sp³-hybridized carbons (Fsp3) is 0.190. The molecule has 1 heterocycles. The molecule has 3 aromatic rings. The number of anilines is 1. The van der Waals surface area contributed by atoms with Crippen molar-refractivity contribution in [2.75, 3.05) is 11.9 Å². The van der Waals surface area contributed by atoms with Gasteiger partial charge in [-0.2, -0.15) is 0 Å². The zero-order valence-corrected chi connectivity index (χ0v) is 16.6. The molecule has 31 heavy (non-hydrogen) atoms. The lowest BCUT2D eigenvalue weighted by atomic mass is 10.2. The number of amides is 2. The van der Waals surface area contributed by atoms with Crippen LogP contribution in [0.25, 0.3) is 0 Å². The Hall–Kier alpha value is -3.82. The lowest BCUT2D eigenvalue weighted by molar-refractivity contribution is -0.115. The second-order valence-corrected chi connectivity index (χ2v) is 6.57. The minimum absolute atomic E-state index is 0.203. The fourth-order valence-corrected chi connectivity index (χ4v) is 2.67. The first kappa shape index (κ1) is 21.9. The van der Waals surface area contributed by atoms with Crippen LogP contribution in [-0.2, 0) is 11.4 Å². The molecule has 10 heteroatoms. The Kier molecular flexibility index (Phi) is 6.58. The SMILES string of the molecule is Cc1noc(C)c1COc1cccc(C(=O)NCC(=O)Nc2ccc(F)c(F)c2F)c1. The highest BCUT2D eigenvalue weighted by Gasteiger charge is 2.16. The van der Waals surface area contributed by atoms with E-state index in [9.17, 15) is 22.8 Å². The maximum absolute atomic E-state index is 13.6. The number of nitrogens with one attached hydrogen (secondary N) is 2. The molecule has 0 atom stereocenters. The van der Waals surface area contributed by atoms with Gasteiger partial charge in [-0.15, -0.1) is 0 Å². The molecule has 0 aliphatic rings. The fourth-order valence-electron chi connectivity index (χ4n) is 2.67. The highest BCUT2D eigenvalue weighted by atomic mass is 19.2. The summed E-state index contributed by atoms with van der Waals surface area (Å²) in [6.07, 6.45) is 0. The number of benzene rings is 2. The van der Waals surface area contributed by atoms with E-state index >= 15 is 0 Å². The van der Waals surface area contributed by atoms with E-state index in [1.54, 1.807) is 26.0 Å². The molecule has 0 fully saturated rings. The summed E-state index contributed by atoms with van der Waals surface area (Å²) in [7, 11) is 0. The molecule has 162 valence electrons. The summed E-state index contributed by atoms with van der Waals surface area (Å²) < 4.78 is 50.5. The molecule has 7 nitrogen and oxygen atoms in total. The van der Waals surface area contributed by atoms with Crippen molar-refractivity contribution in [2.24, 2.45) is 0 Å². The van der Waals surface area contributed by atoms with Gasteiger partial charge in [0.15, 0.2) is 17.5 Å². The number of nitrogens with zero attached hydrogens (tertiary/aromatic N) is 1. The number of halogens is 3. The number of aryl methyl sites for hydroxylation is 2. The van der Waals surface area contributed by atoms with Crippen LogP contribution in [0.4, 0.5) is 18.9 Å². The predicted octanol–water partition coefficient (Wildman–Crippen LogP) is 3.66. The Morgan fingerprint density at radius 2 is 1.87 bits per heavy atom. The summed E-state index contributed by atoms with van der Waals surface area (Å²) in [6, 6.07) is 7.83. The Labute approximate surface area is 175 Å². The molecular weight excluding hydrogens is 415 g/mol. The van der Waals surface area contributed by atoms with Gasteiger partial charge in [-0.1, -0.05) is 11.2 Å². The van der Waals surface area contributed by atoms with Crippen molar-refractivity contribution in [3.63, 3.8) is 0 Å². The third kappa shape index (κ3) is 5.21. The predicted molar refractivity (Wildman–Crippen MR) is 104 cm³/mol. The first-order valence-corrected chi connectivity index (χ1v) is 9.12. The van der Waals surface area contributed by atoms with E-state index in [0.29, 0.717) is 23.3 Å². The standard InChI is InChI=1S/C21H18F3N3O4/c1-11-15(12(2)31-27-11)10-30-14-5-3-4-13(8-14)21(29)25-9-18(28)26-17-7-6-16(22)19(23)20(17)24/h3-8H,9-10H2,1-2H3,(H,25,29)(H,26,28). The van der Waals surface area contributed by atoms with Crippen molar-refractivity contribution >= 4 is 17.5 Å². The van der Waals surface area contributed by atoms with Crippen LogP contribution in [0.5, 0.6) is 5.75 Å². The smallest absolute Gasteiger partial charge is 0.251 e. The zero-order valence-electron chi connectivity index (χ0n) is 16.6. The van der Waals surface area contributed by atoms with Gasteiger partial charge >= 0.3 is 0 Å². The zero-order chi connectivity index (χ0) is 22.5.